The quantitative estimate of drug-likeness (QED) is 0.622. The Morgan fingerprint density at radius 2 is 1.95 bits per heavy atom. The van der Waals surface area contributed by atoms with Crippen molar-refractivity contribution in [2.75, 3.05) is 0 Å². The van der Waals surface area contributed by atoms with Crippen molar-refractivity contribution in [3.8, 4) is 10.6 Å². The number of benzene rings is 1. The summed E-state index contributed by atoms with van der Waals surface area (Å²) in [5.74, 6) is 0.159. The fourth-order valence-corrected chi connectivity index (χ4v) is 3.20. The first kappa shape index (κ1) is 12.0. The lowest BCUT2D eigenvalue weighted by Gasteiger charge is -2.06. The number of aryl methyl sites for hydroxylation is 1. The van der Waals surface area contributed by atoms with Crippen LogP contribution in [0, 0.1) is 10.1 Å². The summed E-state index contributed by atoms with van der Waals surface area (Å²) in [7, 11) is 0. The van der Waals surface area contributed by atoms with Crippen molar-refractivity contribution in [3.63, 3.8) is 0 Å². The minimum atomic E-state index is -0.430. The van der Waals surface area contributed by atoms with Gasteiger partial charge in [0.25, 0.3) is 5.69 Å². The number of fused-ring (bicyclic) bond motifs is 1. The monoisotopic (exact) mass is 274 g/mol. The first-order valence-electron chi connectivity index (χ1n) is 5.93. The minimum Gasteiger partial charge on any atom is -0.293 e. The molecule has 0 N–H and O–H groups in total. The van der Waals surface area contributed by atoms with Crippen LogP contribution >= 0.6 is 11.3 Å². The fourth-order valence-electron chi connectivity index (χ4n) is 2.12. The highest BCUT2D eigenvalue weighted by Crippen LogP contribution is 2.33. The molecule has 3 rings (SSSR count). The molecule has 6 heteroatoms. The second kappa shape index (κ2) is 4.55. The molecule has 0 amide bonds. The summed E-state index contributed by atoms with van der Waals surface area (Å²) in [5, 5.41) is 11.4. The standard InChI is InChI=1S/C13H10N2O3S/c16-11-3-1-2-10-12(11)19-13(14-10)8-4-6-9(7-5-8)15(17)18/h4-7H,1-3H2. The van der Waals surface area contributed by atoms with Gasteiger partial charge in [-0.1, -0.05) is 0 Å². The summed E-state index contributed by atoms with van der Waals surface area (Å²) in [6, 6.07) is 6.26. The molecule has 0 atom stereocenters. The van der Waals surface area contributed by atoms with E-state index in [1.54, 1.807) is 12.1 Å². The molecule has 1 aliphatic rings. The molecular formula is C13H10N2O3S. The van der Waals surface area contributed by atoms with Gasteiger partial charge < -0.3 is 0 Å². The second-order valence-electron chi connectivity index (χ2n) is 4.38. The third-order valence-electron chi connectivity index (χ3n) is 3.09. The summed E-state index contributed by atoms with van der Waals surface area (Å²) in [4.78, 5) is 27.1. The third-order valence-corrected chi connectivity index (χ3v) is 4.28. The van der Waals surface area contributed by atoms with E-state index in [-0.39, 0.29) is 11.5 Å². The van der Waals surface area contributed by atoms with Gasteiger partial charge in [0, 0.05) is 24.1 Å². The Hall–Kier alpha value is -2.08. The van der Waals surface area contributed by atoms with Gasteiger partial charge in [-0.3, -0.25) is 14.9 Å². The van der Waals surface area contributed by atoms with Gasteiger partial charge in [-0.2, -0.15) is 0 Å². The molecule has 96 valence electrons. The van der Waals surface area contributed by atoms with Crippen LogP contribution in [0.2, 0.25) is 0 Å². The number of non-ortho nitro benzene ring substituents is 1. The maximum absolute atomic E-state index is 11.8. The summed E-state index contributed by atoms with van der Waals surface area (Å²) in [6.45, 7) is 0. The molecular weight excluding hydrogens is 264 g/mol. The zero-order valence-corrected chi connectivity index (χ0v) is 10.8. The number of Topliss-reactive ketones (excluding diaryl/α,β-unsaturated/α-hetero) is 1. The Kier molecular flexibility index (Phi) is 2.87. The smallest absolute Gasteiger partial charge is 0.269 e. The predicted octanol–water partition coefficient (Wildman–Crippen LogP) is 3.24. The van der Waals surface area contributed by atoms with E-state index in [0.717, 1.165) is 34.0 Å². The third kappa shape index (κ3) is 2.15. The van der Waals surface area contributed by atoms with Crippen LogP contribution in [-0.4, -0.2) is 15.7 Å². The van der Waals surface area contributed by atoms with E-state index in [2.05, 4.69) is 4.98 Å². The molecule has 0 saturated heterocycles. The molecule has 0 radical (unpaired) electrons. The van der Waals surface area contributed by atoms with Crippen molar-refractivity contribution in [1.82, 2.24) is 4.98 Å². The van der Waals surface area contributed by atoms with Crippen LogP contribution < -0.4 is 0 Å². The number of nitro benzene ring substituents is 1. The van der Waals surface area contributed by atoms with Gasteiger partial charge >= 0.3 is 0 Å². The van der Waals surface area contributed by atoms with E-state index >= 15 is 0 Å². The van der Waals surface area contributed by atoms with Crippen LogP contribution in [0.1, 0.15) is 28.2 Å². The number of nitro groups is 1. The number of carbonyl (C=O) groups is 1. The summed E-state index contributed by atoms with van der Waals surface area (Å²) < 4.78 is 0. The first-order chi connectivity index (χ1) is 9.15. The van der Waals surface area contributed by atoms with E-state index in [1.807, 2.05) is 0 Å². The highest BCUT2D eigenvalue weighted by Gasteiger charge is 2.22. The van der Waals surface area contributed by atoms with Gasteiger partial charge in [0.05, 0.1) is 15.5 Å². The van der Waals surface area contributed by atoms with Crippen LogP contribution in [0.4, 0.5) is 5.69 Å². The summed E-state index contributed by atoms with van der Waals surface area (Å²) in [6.07, 6.45) is 2.29. The lowest BCUT2D eigenvalue weighted by atomic mass is 10.0. The average Bonchev–Trinajstić information content (AvgIpc) is 2.84. The molecule has 5 nitrogen and oxygen atoms in total. The lowest BCUT2D eigenvalue weighted by molar-refractivity contribution is -0.384. The maximum atomic E-state index is 11.8. The van der Waals surface area contributed by atoms with E-state index in [0.29, 0.717) is 6.42 Å². The largest absolute Gasteiger partial charge is 0.293 e. The molecule has 0 saturated carbocycles. The number of aromatic nitrogens is 1. The molecule has 1 aromatic carbocycles. The first-order valence-corrected chi connectivity index (χ1v) is 6.74. The number of thiazole rings is 1. The molecule has 19 heavy (non-hydrogen) atoms. The van der Waals surface area contributed by atoms with Crippen LogP contribution in [-0.2, 0) is 6.42 Å². The lowest BCUT2D eigenvalue weighted by Crippen LogP contribution is -2.07. The normalized spacial score (nSPS) is 14.2. The topological polar surface area (TPSA) is 73.1 Å². The molecule has 0 bridgehead atoms. The van der Waals surface area contributed by atoms with Crippen LogP contribution in [0.25, 0.3) is 10.6 Å². The Bertz CT molecular complexity index is 661. The van der Waals surface area contributed by atoms with Gasteiger partial charge in [0.15, 0.2) is 5.78 Å². The van der Waals surface area contributed by atoms with E-state index in [9.17, 15) is 14.9 Å². The average molecular weight is 274 g/mol. The second-order valence-corrected chi connectivity index (χ2v) is 5.37. The molecule has 0 aliphatic heterocycles. The zero-order valence-electron chi connectivity index (χ0n) is 9.96. The Labute approximate surface area is 113 Å². The van der Waals surface area contributed by atoms with Crippen LogP contribution in [0.15, 0.2) is 24.3 Å². The molecule has 0 unspecified atom stereocenters. The number of nitrogens with zero attached hydrogens (tertiary/aromatic N) is 2. The van der Waals surface area contributed by atoms with Crippen molar-refractivity contribution in [2.45, 2.75) is 19.3 Å². The van der Waals surface area contributed by atoms with Gasteiger partial charge in [0.1, 0.15) is 5.01 Å². The number of hydrogen-bond donors (Lipinski definition) is 0. The molecule has 1 heterocycles. The van der Waals surface area contributed by atoms with Crippen molar-refractivity contribution in [1.29, 1.82) is 0 Å². The van der Waals surface area contributed by atoms with Crippen LogP contribution in [0.3, 0.4) is 0 Å². The maximum Gasteiger partial charge on any atom is 0.269 e. The van der Waals surface area contributed by atoms with Gasteiger partial charge in [-0.15, -0.1) is 11.3 Å². The predicted molar refractivity (Wildman–Crippen MR) is 71.5 cm³/mol. The van der Waals surface area contributed by atoms with E-state index in [4.69, 9.17) is 0 Å². The molecule has 0 spiro atoms. The van der Waals surface area contributed by atoms with Crippen LogP contribution in [0.5, 0.6) is 0 Å². The van der Waals surface area contributed by atoms with E-state index in [1.165, 1.54) is 23.5 Å². The SMILES string of the molecule is O=C1CCCc2nc(-c3ccc([N+](=O)[O-])cc3)sc21. The number of rotatable bonds is 2. The Morgan fingerprint density at radius 3 is 2.58 bits per heavy atom. The molecule has 0 fully saturated rings. The van der Waals surface area contributed by atoms with Gasteiger partial charge in [0.2, 0.25) is 0 Å². The highest BCUT2D eigenvalue weighted by atomic mass is 32.1. The fraction of sp³-hybridized carbons (Fsp3) is 0.231. The zero-order chi connectivity index (χ0) is 13.4. The number of ketones is 1. The van der Waals surface area contributed by atoms with Crippen molar-refractivity contribution in [2.24, 2.45) is 0 Å². The van der Waals surface area contributed by atoms with Gasteiger partial charge in [-0.05, 0) is 25.0 Å². The summed E-state index contributed by atoms with van der Waals surface area (Å²) in [5.41, 5.74) is 1.74. The minimum absolute atomic E-state index is 0.0566. The molecule has 1 aliphatic carbocycles. The molecule has 2 aromatic rings. The van der Waals surface area contributed by atoms with Gasteiger partial charge in [-0.25, -0.2) is 4.98 Å². The Morgan fingerprint density at radius 1 is 1.21 bits per heavy atom. The molecule has 1 aromatic heterocycles. The van der Waals surface area contributed by atoms with Crippen molar-refractivity contribution >= 4 is 22.8 Å². The summed E-state index contributed by atoms with van der Waals surface area (Å²) >= 11 is 1.38. The van der Waals surface area contributed by atoms with E-state index < -0.39 is 4.92 Å². The number of carbonyl (C=O) groups excluding carboxylic acids is 1. The van der Waals surface area contributed by atoms with Crippen molar-refractivity contribution < 1.29 is 9.72 Å². The highest BCUT2D eigenvalue weighted by molar-refractivity contribution is 7.17. The van der Waals surface area contributed by atoms with Crippen molar-refractivity contribution in [3.05, 3.63) is 45.0 Å². The number of hydrogen-bond acceptors (Lipinski definition) is 5. The Balaban J connectivity index is 1.98.